The number of hydrogen-bond acceptors (Lipinski definition) is 4. The fourth-order valence-corrected chi connectivity index (χ4v) is 3.77. The van der Waals surface area contributed by atoms with Crippen LogP contribution in [0.25, 0.3) is 0 Å². The van der Waals surface area contributed by atoms with E-state index in [9.17, 15) is 13.2 Å². The summed E-state index contributed by atoms with van der Waals surface area (Å²) in [6, 6.07) is 4.06. The van der Waals surface area contributed by atoms with Gasteiger partial charge in [-0.2, -0.15) is 13.2 Å². The molecule has 0 spiro atoms. The predicted molar refractivity (Wildman–Crippen MR) is 116 cm³/mol. The second kappa shape index (κ2) is 9.41. The van der Waals surface area contributed by atoms with Gasteiger partial charge in [0.15, 0.2) is 11.1 Å². The van der Waals surface area contributed by atoms with E-state index in [2.05, 4.69) is 30.8 Å². The molecule has 1 aliphatic rings. The number of anilines is 1. The molecule has 2 heterocycles. The summed E-state index contributed by atoms with van der Waals surface area (Å²) in [4.78, 5) is 12.5. The number of rotatable bonds is 3. The Hall–Kier alpha value is -1.08. The third kappa shape index (κ3) is 5.70. The van der Waals surface area contributed by atoms with Crippen LogP contribution in [0.2, 0.25) is 0 Å². The van der Waals surface area contributed by atoms with E-state index < -0.39 is 11.7 Å². The lowest BCUT2D eigenvalue weighted by molar-refractivity contribution is -0.138. The van der Waals surface area contributed by atoms with Gasteiger partial charge in [-0.25, -0.2) is 9.98 Å². The number of piperazine rings is 1. The number of halogens is 5. The lowest BCUT2D eigenvalue weighted by Crippen LogP contribution is -2.51. The third-order valence-electron chi connectivity index (χ3n) is 4.08. The summed E-state index contributed by atoms with van der Waals surface area (Å²) in [6.45, 7) is 2.69. The Kier molecular flexibility index (Phi) is 7.74. The van der Waals surface area contributed by atoms with Gasteiger partial charge in [-0.3, -0.25) is 0 Å². The Labute approximate surface area is 184 Å². The monoisotopic (exact) mass is 575 g/mol. The Balaban J connectivity index is 0.00000261. The van der Waals surface area contributed by atoms with E-state index in [0.29, 0.717) is 17.6 Å². The summed E-state index contributed by atoms with van der Waals surface area (Å²) < 4.78 is 39.9. The van der Waals surface area contributed by atoms with Crippen molar-refractivity contribution in [1.82, 2.24) is 9.88 Å². The minimum Gasteiger partial charge on any atom is -0.370 e. The van der Waals surface area contributed by atoms with E-state index in [1.165, 1.54) is 6.07 Å². The van der Waals surface area contributed by atoms with Crippen molar-refractivity contribution in [2.24, 2.45) is 10.7 Å². The molecule has 2 aromatic rings. The lowest BCUT2D eigenvalue weighted by Gasteiger charge is -2.35. The molecule has 1 saturated heterocycles. The Bertz CT molecular complexity index is 777. The van der Waals surface area contributed by atoms with Crippen molar-refractivity contribution in [3.8, 4) is 0 Å². The number of nitrogens with two attached hydrogens (primary N) is 1. The Morgan fingerprint density at radius 3 is 2.56 bits per heavy atom. The zero-order valence-corrected chi connectivity index (χ0v) is 18.8. The Morgan fingerprint density at radius 1 is 1.26 bits per heavy atom. The number of aliphatic imine (C=N–C) groups is 1. The smallest absolute Gasteiger partial charge is 0.370 e. The quantitative estimate of drug-likeness (QED) is 0.339. The molecule has 2 N–H and O–H groups in total. The van der Waals surface area contributed by atoms with Crippen molar-refractivity contribution < 1.29 is 13.2 Å². The van der Waals surface area contributed by atoms with E-state index in [4.69, 9.17) is 5.73 Å². The first-order chi connectivity index (χ1) is 12.3. The predicted octanol–water partition coefficient (Wildman–Crippen LogP) is 4.18. The van der Waals surface area contributed by atoms with Gasteiger partial charge < -0.3 is 15.5 Å². The maximum absolute atomic E-state index is 13.2. The molecule has 0 atom stereocenters. The van der Waals surface area contributed by atoms with Gasteiger partial charge in [-0.1, -0.05) is 22.0 Å². The van der Waals surface area contributed by atoms with Gasteiger partial charge in [0.25, 0.3) is 0 Å². The molecule has 0 aliphatic carbocycles. The summed E-state index contributed by atoms with van der Waals surface area (Å²) in [5, 5.41) is 2.89. The number of hydrogen-bond donors (Lipinski definition) is 1. The third-order valence-corrected chi connectivity index (χ3v) is 5.41. The molecule has 1 aliphatic heterocycles. The molecular weight excluding hydrogens is 558 g/mol. The largest absolute Gasteiger partial charge is 0.416 e. The van der Waals surface area contributed by atoms with E-state index in [-0.39, 0.29) is 42.0 Å². The highest BCUT2D eigenvalue weighted by atomic mass is 127. The minimum absolute atomic E-state index is 0. The van der Waals surface area contributed by atoms with Gasteiger partial charge >= 0.3 is 6.18 Å². The maximum atomic E-state index is 13.2. The van der Waals surface area contributed by atoms with Crippen LogP contribution in [0.3, 0.4) is 0 Å². The van der Waals surface area contributed by atoms with Crippen LogP contribution in [0.5, 0.6) is 0 Å². The van der Waals surface area contributed by atoms with Crippen LogP contribution in [0.15, 0.2) is 39.2 Å². The van der Waals surface area contributed by atoms with Gasteiger partial charge in [0.05, 0.1) is 12.1 Å². The van der Waals surface area contributed by atoms with Gasteiger partial charge in [0.2, 0.25) is 0 Å². The molecule has 1 fully saturated rings. The molecular formula is C16H18BrF3IN5S. The highest BCUT2D eigenvalue weighted by molar-refractivity contribution is 14.0. The minimum atomic E-state index is -4.43. The molecule has 0 amide bonds. The summed E-state index contributed by atoms with van der Waals surface area (Å²) in [6.07, 6.45) is -2.67. The summed E-state index contributed by atoms with van der Waals surface area (Å²) in [5.41, 5.74) is 5.41. The van der Waals surface area contributed by atoms with Crippen molar-refractivity contribution in [2.75, 3.05) is 31.1 Å². The maximum Gasteiger partial charge on any atom is 0.416 e. The van der Waals surface area contributed by atoms with Crippen LogP contribution < -0.4 is 10.6 Å². The number of aromatic nitrogens is 1. The van der Waals surface area contributed by atoms with E-state index in [0.717, 1.165) is 24.3 Å². The molecule has 0 unspecified atom stereocenters. The van der Waals surface area contributed by atoms with Gasteiger partial charge in [0.1, 0.15) is 0 Å². The molecule has 0 radical (unpaired) electrons. The SMILES string of the molecule is I.NC(=NCc1ccc(Br)cc1C(F)(F)F)N1CCN(c2nccs2)CC1. The lowest BCUT2D eigenvalue weighted by atomic mass is 10.1. The van der Waals surface area contributed by atoms with Crippen LogP contribution in [-0.2, 0) is 12.7 Å². The van der Waals surface area contributed by atoms with Crippen LogP contribution in [0.1, 0.15) is 11.1 Å². The first-order valence-electron chi connectivity index (χ1n) is 7.89. The molecule has 148 valence electrons. The molecule has 27 heavy (non-hydrogen) atoms. The van der Waals surface area contributed by atoms with Gasteiger partial charge in [0, 0.05) is 42.2 Å². The van der Waals surface area contributed by atoms with Crippen LogP contribution in [0.4, 0.5) is 18.3 Å². The number of guanidine groups is 1. The fraction of sp³-hybridized carbons (Fsp3) is 0.375. The second-order valence-electron chi connectivity index (χ2n) is 5.76. The van der Waals surface area contributed by atoms with Gasteiger partial charge in [-0.05, 0) is 17.7 Å². The van der Waals surface area contributed by atoms with Crippen molar-refractivity contribution in [1.29, 1.82) is 0 Å². The van der Waals surface area contributed by atoms with Crippen LogP contribution in [0, 0.1) is 0 Å². The number of alkyl halides is 3. The van der Waals surface area contributed by atoms with Crippen LogP contribution in [-0.4, -0.2) is 42.0 Å². The molecule has 0 bridgehead atoms. The first-order valence-corrected chi connectivity index (χ1v) is 9.57. The number of thiazole rings is 1. The average Bonchev–Trinajstić information content (AvgIpc) is 3.14. The summed E-state index contributed by atoms with van der Waals surface area (Å²) >= 11 is 4.65. The van der Waals surface area contributed by atoms with E-state index >= 15 is 0 Å². The van der Waals surface area contributed by atoms with E-state index in [1.807, 2.05) is 10.3 Å². The normalized spacial score (nSPS) is 15.6. The van der Waals surface area contributed by atoms with Crippen molar-refractivity contribution >= 4 is 62.3 Å². The zero-order chi connectivity index (χ0) is 18.7. The molecule has 0 saturated carbocycles. The second-order valence-corrected chi connectivity index (χ2v) is 7.55. The highest BCUT2D eigenvalue weighted by Crippen LogP contribution is 2.34. The molecule has 11 heteroatoms. The average molecular weight is 576 g/mol. The standard InChI is InChI=1S/C16H17BrF3N5S.HI/c17-12-2-1-11(13(9-12)16(18,19)20)10-23-14(21)24-4-6-25(7-5-24)15-22-3-8-26-15;/h1-3,8-9H,4-7,10H2,(H2,21,23);1H. The van der Waals surface area contributed by atoms with Crippen molar-refractivity contribution in [3.05, 3.63) is 45.4 Å². The number of benzene rings is 1. The Morgan fingerprint density at radius 2 is 1.96 bits per heavy atom. The number of nitrogens with zero attached hydrogens (tertiary/aromatic N) is 4. The highest BCUT2D eigenvalue weighted by Gasteiger charge is 2.33. The van der Waals surface area contributed by atoms with Crippen molar-refractivity contribution in [2.45, 2.75) is 12.7 Å². The van der Waals surface area contributed by atoms with Gasteiger partial charge in [-0.15, -0.1) is 35.3 Å². The summed E-state index contributed by atoms with van der Waals surface area (Å²) in [7, 11) is 0. The molecule has 3 rings (SSSR count). The molecule has 1 aromatic heterocycles. The van der Waals surface area contributed by atoms with Crippen LogP contribution >= 0.6 is 51.2 Å². The van der Waals surface area contributed by atoms with E-state index in [1.54, 1.807) is 23.6 Å². The molecule has 5 nitrogen and oxygen atoms in total. The summed E-state index contributed by atoms with van der Waals surface area (Å²) in [5.74, 6) is 0.264. The fourth-order valence-electron chi connectivity index (χ4n) is 2.72. The first kappa shape index (κ1) is 22.2. The molecule has 1 aromatic carbocycles. The van der Waals surface area contributed by atoms with Crippen molar-refractivity contribution in [3.63, 3.8) is 0 Å². The topological polar surface area (TPSA) is 57.8 Å². The zero-order valence-electron chi connectivity index (χ0n) is 14.1.